The molecule has 0 unspecified atom stereocenters. The Morgan fingerprint density at radius 3 is 2.68 bits per heavy atom. The lowest BCUT2D eigenvalue weighted by Crippen LogP contribution is -2.26. The molecule has 0 fully saturated rings. The fourth-order valence-corrected chi connectivity index (χ4v) is 2.66. The number of esters is 1. The van der Waals surface area contributed by atoms with Crippen LogP contribution in [0, 0.1) is 11.8 Å². The molecule has 1 N–H and O–H groups in total. The highest BCUT2D eigenvalue weighted by atomic mass is 32.2. The van der Waals surface area contributed by atoms with E-state index < -0.39 is 16.0 Å². The van der Waals surface area contributed by atoms with E-state index in [9.17, 15) is 13.2 Å². The maximum Gasteiger partial charge on any atom is 0.339 e. The Hall–Kier alpha value is -1.84. The first-order valence-corrected chi connectivity index (χ1v) is 7.08. The summed E-state index contributed by atoms with van der Waals surface area (Å²) in [5.74, 6) is 4.74. The van der Waals surface area contributed by atoms with Gasteiger partial charge in [-0.05, 0) is 19.1 Å². The number of methoxy groups -OCH3 is 1. The highest BCUT2D eigenvalue weighted by Crippen LogP contribution is 2.16. The van der Waals surface area contributed by atoms with Crippen LogP contribution in [-0.4, -0.2) is 28.0 Å². The van der Waals surface area contributed by atoms with Crippen LogP contribution in [0.4, 0.5) is 0 Å². The average molecular weight is 281 g/mol. The summed E-state index contributed by atoms with van der Waals surface area (Å²) in [6.07, 6.45) is 0.413. The first-order valence-electron chi connectivity index (χ1n) is 5.59. The van der Waals surface area contributed by atoms with Gasteiger partial charge in [-0.2, -0.15) is 0 Å². The van der Waals surface area contributed by atoms with Crippen LogP contribution in [-0.2, 0) is 14.8 Å². The van der Waals surface area contributed by atoms with Crippen molar-refractivity contribution < 1.29 is 17.9 Å². The van der Waals surface area contributed by atoms with Gasteiger partial charge in [0.2, 0.25) is 10.0 Å². The van der Waals surface area contributed by atoms with Crippen LogP contribution in [0.2, 0.25) is 0 Å². The molecule has 1 aromatic rings. The minimum absolute atomic E-state index is 0.0130. The minimum Gasteiger partial charge on any atom is -0.465 e. The van der Waals surface area contributed by atoms with E-state index in [0.29, 0.717) is 6.42 Å². The summed E-state index contributed by atoms with van der Waals surface area (Å²) < 4.78 is 31.1. The van der Waals surface area contributed by atoms with E-state index in [1.54, 1.807) is 19.1 Å². The molecular weight excluding hydrogens is 266 g/mol. The Morgan fingerprint density at radius 1 is 1.37 bits per heavy atom. The Labute approximate surface area is 113 Å². The smallest absolute Gasteiger partial charge is 0.339 e. The highest BCUT2D eigenvalue weighted by molar-refractivity contribution is 7.89. The van der Waals surface area contributed by atoms with E-state index in [1.165, 1.54) is 19.2 Å². The number of sulfonamides is 1. The topological polar surface area (TPSA) is 72.5 Å². The molecule has 0 saturated carbocycles. The van der Waals surface area contributed by atoms with Crippen molar-refractivity contribution in [2.45, 2.75) is 18.2 Å². The second kappa shape index (κ2) is 6.92. The number of benzene rings is 1. The van der Waals surface area contributed by atoms with Gasteiger partial charge in [-0.25, -0.2) is 17.9 Å². The molecule has 102 valence electrons. The molecule has 6 heteroatoms. The summed E-state index contributed by atoms with van der Waals surface area (Å²) >= 11 is 0. The molecule has 5 nitrogen and oxygen atoms in total. The quantitative estimate of drug-likeness (QED) is 0.499. The van der Waals surface area contributed by atoms with Crippen LogP contribution in [0.15, 0.2) is 29.2 Å². The fraction of sp³-hybridized carbons (Fsp3) is 0.308. The standard InChI is InChI=1S/C13H15NO4S/c1-3-4-7-10-14-19(16,17)12-9-6-5-8-11(12)13(15)18-2/h5-6,8-9,14H,7,10H2,1-2H3. The molecule has 0 heterocycles. The van der Waals surface area contributed by atoms with Gasteiger partial charge in [0.1, 0.15) is 0 Å². The maximum absolute atomic E-state index is 12.1. The summed E-state index contributed by atoms with van der Waals surface area (Å²) in [7, 11) is -2.54. The number of ether oxygens (including phenoxy) is 1. The zero-order chi connectivity index (χ0) is 14.3. The third kappa shape index (κ3) is 4.09. The van der Waals surface area contributed by atoms with Crippen molar-refractivity contribution in [2.75, 3.05) is 13.7 Å². The lowest BCUT2D eigenvalue weighted by Gasteiger charge is -2.09. The summed E-state index contributed by atoms with van der Waals surface area (Å²) in [5, 5.41) is 0. The predicted molar refractivity (Wildman–Crippen MR) is 71.0 cm³/mol. The van der Waals surface area contributed by atoms with E-state index in [1.807, 2.05) is 0 Å². The summed E-state index contributed by atoms with van der Waals surface area (Å²) in [6.45, 7) is 1.87. The Bertz CT molecular complexity index is 611. The number of hydrogen-bond donors (Lipinski definition) is 1. The number of nitrogens with one attached hydrogen (secondary N) is 1. The first-order chi connectivity index (χ1) is 9.03. The van der Waals surface area contributed by atoms with Gasteiger partial charge in [-0.15, -0.1) is 11.8 Å². The third-order valence-electron chi connectivity index (χ3n) is 2.30. The van der Waals surface area contributed by atoms with Crippen LogP contribution in [0.5, 0.6) is 0 Å². The molecule has 0 aromatic heterocycles. The van der Waals surface area contributed by atoms with Crippen LogP contribution in [0.3, 0.4) is 0 Å². The van der Waals surface area contributed by atoms with Crippen molar-refractivity contribution in [1.82, 2.24) is 4.72 Å². The molecule has 0 amide bonds. The summed E-state index contributed by atoms with van der Waals surface area (Å²) in [5.41, 5.74) is 0.0130. The zero-order valence-corrected chi connectivity index (χ0v) is 11.6. The molecule has 0 bridgehead atoms. The van der Waals surface area contributed by atoms with E-state index >= 15 is 0 Å². The van der Waals surface area contributed by atoms with Crippen LogP contribution >= 0.6 is 0 Å². The van der Waals surface area contributed by atoms with Crippen molar-refractivity contribution in [2.24, 2.45) is 0 Å². The van der Waals surface area contributed by atoms with Crippen molar-refractivity contribution in [3.63, 3.8) is 0 Å². The van der Waals surface area contributed by atoms with Crippen molar-refractivity contribution in [3.05, 3.63) is 29.8 Å². The van der Waals surface area contributed by atoms with E-state index in [4.69, 9.17) is 0 Å². The normalized spacial score (nSPS) is 10.4. The van der Waals surface area contributed by atoms with E-state index in [0.717, 1.165) is 0 Å². The molecule has 1 rings (SSSR count). The molecule has 0 atom stereocenters. The van der Waals surface area contributed by atoms with Gasteiger partial charge >= 0.3 is 5.97 Å². The SMILES string of the molecule is CC#CCCNS(=O)(=O)c1ccccc1C(=O)OC. The molecule has 0 aliphatic heterocycles. The highest BCUT2D eigenvalue weighted by Gasteiger charge is 2.21. The largest absolute Gasteiger partial charge is 0.465 e. The molecule has 0 saturated heterocycles. The Morgan fingerprint density at radius 2 is 2.05 bits per heavy atom. The zero-order valence-electron chi connectivity index (χ0n) is 10.8. The Kier molecular flexibility index (Phi) is 5.55. The van der Waals surface area contributed by atoms with Gasteiger partial charge in [-0.3, -0.25) is 0 Å². The monoisotopic (exact) mass is 281 g/mol. The molecule has 0 aliphatic rings. The van der Waals surface area contributed by atoms with Crippen LogP contribution in [0.25, 0.3) is 0 Å². The van der Waals surface area contributed by atoms with Crippen molar-refractivity contribution in [3.8, 4) is 11.8 Å². The predicted octanol–water partition coefficient (Wildman–Crippen LogP) is 1.16. The molecular formula is C13H15NO4S. The van der Waals surface area contributed by atoms with Gasteiger partial charge in [0, 0.05) is 13.0 Å². The van der Waals surface area contributed by atoms with E-state index in [2.05, 4.69) is 21.3 Å². The molecule has 0 radical (unpaired) electrons. The minimum atomic E-state index is -3.75. The van der Waals surface area contributed by atoms with E-state index in [-0.39, 0.29) is 17.0 Å². The van der Waals surface area contributed by atoms with Gasteiger partial charge < -0.3 is 4.74 Å². The summed E-state index contributed by atoms with van der Waals surface area (Å²) in [4.78, 5) is 11.4. The molecule has 0 spiro atoms. The molecule has 1 aromatic carbocycles. The summed E-state index contributed by atoms with van der Waals surface area (Å²) in [6, 6.07) is 5.90. The van der Waals surface area contributed by atoms with Crippen molar-refractivity contribution >= 4 is 16.0 Å². The van der Waals surface area contributed by atoms with Crippen LogP contribution < -0.4 is 4.72 Å². The molecule has 0 aliphatic carbocycles. The number of rotatable bonds is 5. The van der Waals surface area contributed by atoms with Gasteiger partial charge in [-0.1, -0.05) is 12.1 Å². The number of carbonyl (C=O) groups excluding carboxylic acids is 1. The average Bonchev–Trinajstić information content (AvgIpc) is 2.43. The molecule has 19 heavy (non-hydrogen) atoms. The van der Waals surface area contributed by atoms with Gasteiger partial charge in [0.15, 0.2) is 0 Å². The van der Waals surface area contributed by atoms with Crippen LogP contribution in [0.1, 0.15) is 23.7 Å². The second-order valence-electron chi connectivity index (χ2n) is 3.56. The lowest BCUT2D eigenvalue weighted by atomic mass is 10.2. The Balaban J connectivity index is 3.00. The third-order valence-corrected chi connectivity index (χ3v) is 3.82. The first kappa shape index (κ1) is 15.2. The fourth-order valence-electron chi connectivity index (χ4n) is 1.43. The second-order valence-corrected chi connectivity index (χ2v) is 5.30. The number of hydrogen-bond acceptors (Lipinski definition) is 4. The maximum atomic E-state index is 12.1. The van der Waals surface area contributed by atoms with Crippen molar-refractivity contribution in [1.29, 1.82) is 0 Å². The van der Waals surface area contributed by atoms with Gasteiger partial charge in [0.05, 0.1) is 17.6 Å². The number of carbonyl (C=O) groups is 1. The van der Waals surface area contributed by atoms with Gasteiger partial charge in [0.25, 0.3) is 0 Å². The lowest BCUT2D eigenvalue weighted by molar-refractivity contribution is 0.0596.